The number of carbonyl (C=O) groups is 1. The zero-order chi connectivity index (χ0) is 14.0. The van der Waals surface area contributed by atoms with Gasteiger partial charge in [0.25, 0.3) is 0 Å². The first-order chi connectivity index (χ1) is 8.90. The van der Waals surface area contributed by atoms with Gasteiger partial charge in [-0.1, -0.05) is 0 Å². The maximum Gasteiger partial charge on any atom is 0.345 e. The van der Waals surface area contributed by atoms with Gasteiger partial charge in [0.05, 0.1) is 3.79 Å². The number of nitrogens with one attached hydrogen (secondary N) is 1. The molecule has 19 heavy (non-hydrogen) atoms. The van der Waals surface area contributed by atoms with Crippen LogP contribution in [0.4, 0.5) is 0 Å². The molecule has 102 valence electrons. The lowest BCUT2D eigenvalue weighted by molar-refractivity contribution is 0.0702. The maximum atomic E-state index is 12.1. The smallest absolute Gasteiger partial charge is 0.345 e. The van der Waals surface area contributed by atoms with Gasteiger partial charge in [0.2, 0.25) is 10.0 Å². The molecule has 0 spiro atoms. The number of hydrogen-bond acceptors (Lipinski definition) is 5. The van der Waals surface area contributed by atoms with Crippen LogP contribution in [-0.2, 0) is 16.6 Å². The molecule has 0 amide bonds. The van der Waals surface area contributed by atoms with Gasteiger partial charge < -0.3 is 5.11 Å². The number of thiophene rings is 2. The van der Waals surface area contributed by atoms with Crippen molar-refractivity contribution >= 4 is 54.6 Å². The number of carboxylic acid groups (broad SMARTS) is 1. The van der Waals surface area contributed by atoms with E-state index in [1.807, 2.05) is 16.8 Å². The molecule has 0 saturated carbocycles. The highest BCUT2D eigenvalue weighted by Gasteiger charge is 2.22. The van der Waals surface area contributed by atoms with Crippen molar-refractivity contribution in [3.63, 3.8) is 0 Å². The normalized spacial score (nSPS) is 11.6. The minimum Gasteiger partial charge on any atom is -0.477 e. The van der Waals surface area contributed by atoms with Crippen molar-refractivity contribution < 1.29 is 18.3 Å². The minimum atomic E-state index is -3.72. The molecular weight excluding hydrogens is 374 g/mol. The lowest BCUT2D eigenvalue weighted by Crippen LogP contribution is -2.22. The summed E-state index contributed by atoms with van der Waals surface area (Å²) in [6, 6.07) is 2.96. The molecule has 0 fully saturated rings. The Kier molecular flexibility index (Phi) is 4.41. The lowest BCUT2D eigenvalue weighted by atomic mass is 10.4. The van der Waals surface area contributed by atoms with Crippen LogP contribution in [0.15, 0.2) is 31.6 Å². The molecule has 0 aliphatic rings. The molecular formula is C10H8BrNO4S3. The highest BCUT2D eigenvalue weighted by Crippen LogP contribution is 2.31. The van der Waals surface area contributed by atoms with Crippen LogP contribution in [-0.4, -0.2) is 19.5 Å². The highest BCUT2D eigenvalue weighted by molar-refractivity contribution is 9.11. The maximum absolute atomic E-state index is 12.1. The fourth-order valence-corrected chi connectivity index (χ4v) is 5.38. The van der Waals surface area contributed by atoms with Crippen molar-refractivity contribution in [2.45, 2.75) is 11.4 Å². The number of carboxylic acids is 1. The van der Waals surface area contributed by atoms with E-state index in [1.54, 1.807) is 0 Å². The first-order valence-corrected chi connectivity index (χ1v) is 8.97. The third kappa shape index (κ3) is 3.42. The Morgan fingerprint density at radius 2 is 2.21 bits per heavy atom. The van der Waals surface area contributed by atoms with E-state index in [4.69, 9.17) is 5.11 Å². The van der Waals surface area contributed by atoms with E-state index in [0.29, 0.717) is 0 Å². The molecule has 0 bridgehead atoms. The van der Waals surface area contributed by atoms with Crippen molar-refractivity contribution in [2.75, 3.05) is 0 Å². The topological polar surface area (TPSA) is 83.5 Å². The van der Waals surface area contributed by atoms with Crippen LogP contribution in [0.1, 0.15) is 15.2 Å². The van der Waals surface area contributed by atoms with Gasteiger partial charge >= 0.3 is 5.97 Å². The third-order valence-corrected chi connectivity index (χ3v) is 6.58. The van der Waals surface area contributed by atoms with Crippen LogP contribution in [0.2, 0.25) is 0 Å². The average molecular weight is 382 g/mol. The van der Waals surface area contributed by atoms with Crippen LogP contribution >= 0.6 is 38.6 Å². The molecule has 2 aromatic heterocycles. The predicted molar refractivity (Wildman–Crippen MR) is 77.3 cm³/mol. The van der Waals surface area contributed by atoms with Crippen LogP contribution in [0.5, 0.6) is 0 Å². The summed E-state index contributed by atoms with van der Waals surface area (Å²) in [7, 11) is -3.72. The summed E-state index contributed by atoms with van der Waals surface area (Å²) in [6.45, 7) is 0.177. The fourth-order valence-electron chi connectivity index (χ4n) is 1.29. The van der Waals surface area contributed by atoms with Gasteiger partial charge in [0.15, 0.2) is 0 Å². The van der Waals surface area contributed by atoms with Gasteiger partial charge in [-0.2, -0.15) is 11.3 Å². The van der Waals surface area contributed by atoms with E-state index in [0.717, 1.165) is 23.0 Å². The molecule has 0 saturated heterocycles. The van der Waals surface area contributed by atoms with Crippen molar-refractivity contribution in [1.29, 1.82) is 0 Å². The fraction of sp³-hybridized carbons (Fsp3) is 0.100. The zero-order valence-corrected chi connectivity index (χ0v) is 13.3. The molecule has 0 aliphatic carbocycles. The molecule has 0 radical (unpaired) electrons. The SMILES string of the molecule is O=C(O)c1cc(S(=O)(=O)NCc2ccsc2)c(Br)s1. The van der Waals surface area contributed by atoms with E-state index in [-0.39, 0.29) is 20.1 Å². The second-order valence-corrected chi connectivity index (χ2v) is 8.40. The summed E-state index contributed by atoms with van der Waals surface area (Å²) in [5.74, 6) is -1.15. The van der Waals surface area contributed by atoms with Crippen molar-refractivity contribution in [3.05, 3.63) is 37.1 Å². The van der Waals surface area contributed by atoms with Crippen LogP contribution < -0.4 is 4.72 Å². The molecule has 0 atom stereocenters. The summed E-state index contributed by atoms with van der Waals surface area (Å²) in [6.07, 6.45) is 0. The van der Waals surface area contributed by atoms with Gasteiger partial charge in [0, 0.05) is 6.54 Å². The Hall–Kier alpha value is -0.740. The Bertz CT molecular complexity index is 690. The van der Waals surface area contributed by atoms with Crippen molar-refractivity contribution in [1.82, 2.24) is 4.72 Å². The number of hydrogen-bond donors (Lipinski definition) is 2. The van der Waals surface area contributed by atoms with Crippen molar-refractivity contribution in [3.8, 4) is 0 Å². The lowest BCUT2D eigenvalue weighted by Gasteiger charge is -2.04. The molecule has 0 aliphatic heterocycles. The van der Waals surface area contributed by atoms with Gasteiger partial charge in [-0.05, 0) is 44.4 Å². The van der Waals surface area contributed by atoms with Gasteiger partial charge in [-0.25, -0.2) is 17.9 Å². The van der Waals surface area contributed by atoms with Gasteiger partial charge in [0.1, 0.15) is 9.77 Å². The van der Waals surface area contributed by atoms with E-state index in [9.17, 15) is 13.2 Å². The van der Waals surface area contributed by atoms with Crippen LogP contribution in [0, 0.1) is 0 Å². The van der Waals surface area contributed by atoms with Crippen LogP contribution in [0.25, 0.3) is 0 Å². The summed E-state index contributed by atoms with van der Waals surface area (Å²) in [5.41, 5.74) is 0.860. The van der Waals surface area contributed by atoms with E-state index in [1.165, 1.54) is 11.3 Å². The zero-order valence-electron chi connectivity index (χ0n) is 9.29. The Morgan fingerprint density at radius 1 is 1.47 bits per heavy atom. The minimum absolute atomic E-state index is 0.0252. The summed E-state index contributed by atoms with van der Waals surface area (Å²) in [4.78, 5) is 10.7. The van der Waals surface area contributed by atoms with E-state index >= 15 is 0 Å². The van der Waals surface area contributed by atoms with E-state index in [2.05, 4.69) is 20.7 Å². The van der Waals surface area contributed by atoms with E-state index < -0.39 is 16.0 Å². The van der Waals surface area contributed by atoms with Crippen molar-refractivity contribution in [2.24, 2.45) is 0 Å². The number of sulfonamides is 1. The van der Waals surface area contributed by atoms with Gasteiger partial charge in [-0.3, -0.25) is 0 Å². The largest absolute Gasteiger partial charge is 0.477 e. The Balaban J connectivity index is 2.22. The number of rotatable bonds is 5. The van der Waals surface area contributed by atoms with Gasteiger partial charge in [-0.15, -0.1) is 11.3 Å². The molecule has 2 rings (SSSR count). The molecule has 9 heteroatoms. The van der Waals surface area contributed by atoms with Crippen LogP contribution in [0.3, 0.4) is 0 Å². The number of halogens is 1. The molecule has 2 N–H and O–H groups in total. The molecule has 2 aromatic rings. The Labute approximate surface area is 126 Å². The highest BCUT2D eigenvalue weighted by atomic mass is 79.9. The summed E-state index contributed by atoms with van der Waals surface area (Å²) < 4.78 is 26.8. The molecule has 0 unspecified atom stereocenters. The number of aromatic carboxylic acids is 1. The molecule has 0 aromatic carbocycles. The average Bonchev–Trinajstić information content (AvgIpc) is 2.95. The predicted octanol–water partition coefficient (Wildman–Crippen LogP) is 2.75. The first-order valence-electron chi connectivity index (χ1n) is 4.93. The summed E-state index contributed by atoms with van der Waals surface area (Å²) in [5, 5.41) is 12.5. The second-order valence-electron chi connectivity index (χ2n) is 3.51. The molecule has 2 heterocycles. The third-order valence-electron chi connectivity index (χ3n) is 2.20. The monoisotopic (exact) mass is 381 g/mol. The Morgan fingerprint density at radius 3 is 2.74 bits per heavy atom. The standard InChI is InChI=1S/C10H8BrNO4S3/c11-9-8(3-7(18-9)10(13)14)19(15,16)12-4-6-1-2-17-5-6/h1-3,5,12H,4H2,(H,13,14). The second kappa shape index (κ2) is 5.71. The first kappa shape index (κ1) is 14.7. The molecule has 5 nitrogen and oxygen atoms in total. The summed E-state index contributed by atoms with van der Waals surface area (Å²) >= 11 is 5.43. The quantitative estimate of drug-likeness (QED) is 0.833.